The molecule has 0 saturated carbocycles. The van der Waals surface area contributed by atoms with Crippen LogP contribution in [0.2, 0.25) is 5.02 Å². The van der Waals surface area contributed by atoms with E-state index in [2.05, 4.69) is 11.0 Å². The van der Waals surface area contributed by atoms with Crippen LogP contribution in [0.1, 0.15) is 57.4 Å². The third kappa shape index (κ3) is 3.82. The molecule has 0 bridgehead atoms. The Bertz CT molecular complexity index is 1330. The number of benzene rings is 2. The zero-order valence-electron chi connectivity index (χ0n) is 21.7. The lowest BCUT2D eigenvalue weighted by Gasteiger charge is -2.52. The van der Waals surface area contributed by atoms with Crippen molar-refractivity contribution in [3.05, 3.63) is 76.0 Å². The fourth-order valence-corrected chi connectivity index (χ4v) is 6.33. The van der Waals surface area contributed by atoms with Crippen molar-refractivity contribution >= 4 is 35.3 Å². The molecule has 0 aliphatic carbocycles. The fraction of sp³-hybridized carbons (Fsp3) is 0.414. The number of fused-ring (bicyclic) bond motifs is 6. The number of hydrogen-bond donors (Lipinski definition) is 0. The molecule has 0 radical (unpaired) electrons. The number of halogens is 1. The van der Waals surface area contributed by atoms with Crippen molar-refractivity contribution in [2.75, 3.05) is 18.1 Å². The molecule has 0 aromatic heterocycles. The Morgan fingerprint density at radius 1 is 1.16 bits per heavy atom. The third-order valence-electron chi connectivity index (χ3n) is 7.33. The Balaban J connectivity index is 1.84. The molecule has 5 rings (SSSR count). The van der Waals surface area contributed by atoms with E-state index in [0.29, 0.717) is 28.4 Å². The highest BCUT2D eigenvalue weighted by molar-refractivity contribution is 6.31. The number of ether oxygens (including phenoxy) is 2. The Morgan fingerprint density at radius 2 is 1.89 bits per heavy atom. The van der Waals surface area contributed by atoms with Crippen molar-refractivity contribution in [2.24, 2.45) is 5.92 Å². The normalized spacial score (nSPS) is 24.3. The average molecular weight is 523 g/mol. The number of rotatable bonds is 2. The van der Waals surface area contributed by atoms with Crippen molar-refractivity contribution in [1.29, 1.82) is 0 Å². The van der Waals surface area contributed by atoms with Crippen LogP contribution in [-0.4, -0.2) is 41.6 Å². The van der Waals surface area contributed by atoms with Gasteiger partial charge in [0.05, 0.1) is 18.3 Å². The summed E-state index contributed by atoms with van der Waals surface area (Å²) in [5.74, 6) is -1.99. The number of hydrogen-bond acceptors (Lipinski definition) is 6. The number of carbonyl (C=O) groups is 3. The van der Waals surface area contributed by atoms with Crippen LogP contribution in [0, 0.1) is 5.92 Å². The van der Waals surface area contributed by atoms with E-state index in [1.54, 1.807) is 45.9 Å². The van der Waals surface area contributed by atoms with Crippen molar-refractivity contribution in [2.45, 2.75) is 58.1 Å². The van der Waals surface area contributed by atoms with Crippen LogP contribution >= 0.6 is 11.6 Å². The van der Waals surface area contributed by atoms with E-state index in [0.717, 1.165) is 22.4 Å². The molecule has 37 heavy (non-hydrogen) atoms. The standard InChI is InChI=1S/C29H31ClN2O5/c1-6-36-25(33)23-17(2)16-31-14-13-18-9-7-8-10-20(18)24(31)29(23)21-15-19(30)11-12-22(21)32(26(29)34)27(35)37-28(3,4)5/h7-12,15-16,23-24H,6,13-14H2,1-5H3/t23-,24+,29+/m0/s1. The molecule has 3 atom stereocenters. The van der Waals surface area contributed by atoms with Crippen LogP contribution in [-0.2, 0) is 30.9 Å². The first kappa shape index (κ1) is 25.3. The van der Waals surface area contributed by atoms with E-state index in [1.807, 2.05) is 31.3 Å². The second-order valence-electron chi connectivity index (χ2n) is 10.8. The van der Waals surface area contributed by atoms with E-state index < -0.39 is 40.9 Å². The molecule has 0 unspecified atom stereocenters. The lowest BCUT2D eigenvalue weighted by Crippen LogP contribution is -2.60. The minimum absolute atomic E-state index is 0.163. The number of nitrogens with zero attached hydrogens (tertiary/aromatic N) is 2. The van der Waals surface area contributed by atoms with E-state index in [9.17, 15) is 14.4 Å². The Labute approximate surface area is 222 Å². The van der Waals surface area contributed by atoms with E-state index >= 15 is 0 Å². The first-order valence-electron chi connectivity index (χ1n) is 12.6. The summed E-state index contributed by atoms with van der Waals surface area (Å²) in [5.41, 5.74) is 1.32. The first-order chi connectivity index (χ1) is 17.5. The van der Waals surface area contributed by atoms with E-state index in [-0.39, 0.29) is 6.61 Å². The van der Waals surface area contributed by atoms with Gasteiger partial charge in [-0.25, -0.2) is 9.69 Å². The summed E-state index contributed by atoms with van der Waals surface area (Å²) in [4.78, 5) is 45.3. The SMILES string of the molecule is CCOC(=O)[C@@H]1C(C)=CN2CCc3ccccc3[C@@H]2[C@]12C(=O)N(C(=O)OC(C)(C)C)c1ccc(Cl)cc12. The van der Waals surface area contributed by atoms with Gasteiger partial charge in [0.15, 0.2) is 0 Å². The summed E-state index contributed by atoms with van der Waals surface area (Å²) in [6.45, 7) is 9.65. The molecule has 0 fully saturated rings. The minimum Gasteiger partial charge on any atom is -0.465 e. The maximum absolute atomic E-state index is 14.8. The molecular formula is C29H31ClN2O5. The van der Waals surface area contributed by atoms with Crippen LogP contribution in [0.25, 0.3) is 0 Å². The molecule has 7 nitrogen and oxygen atoms in total. The van der Waals surface area contributed by atoms with Crippen LogP contribution in [0.5, 0.6) is 0 Å². The summed E-state index contributed by atoms with van der Waals surface area (Å²) in [6.07, 6.45) is 1.97. The van der Waals surface area contributed by atoms with Crippen molar-refractivity contribution in [3.8, 4) is 0 Å². The smallest absolute Gasteiger partial charge is 0.421 e. The summed E-state index contributed by atoms with van der Waals surface area (Å²) in [6, 6.07) is 12.4. The molecule has 0 N–H and O–H groups in total. The zero-order chi connectivity index (χ0) is 26.7. The van der Waals surface area contributed by atoms with Gasteiger partial charge in [0.1, 0.15) is 16.9 Å². The van der Waals surface area contributed by atoms with Gasteiger partial charge in [-0.05, 0) is 87.7 Å². The number of esters is 1. The van der Waals surface area contributed by atoms with Gasteiger partial charge >= 0.3 is 12.1 Å². The van der Waals surface area contributed by atoms with E-state index in [4.69, 9.17) is 21.1 Å². The number of amides is 2. The third-order valence-corrected chi connectivity index (χ3v) is 7.57. The first-order valence-corrected chi connectivity index (χ1v) is 12.9. The molecule has 194 valence electrons. The van der Waals surface area contributed by atoms with Gasteiger partial charge in [0, 0.05) is 11.6 Å². The van der Waals surface area contributed by atoms with Crippen molar-refractivity contribution < 1.29 is 23.9 Å². The maximum atomic E-state index is 14.8. The molecule has 3 aliphatic heterocycles. The van der Waals surface area contributed by atoms with Crippen LogP contribution in [0.15, 0.2) is 54.2 Å². The largest absolute Gasteiger partial charge is 0.465 e. The van der Waals surface area contributed by atoms with Gasteiger partial charge in [0.2, 0.25) is 0 Å². The number of imide groups is 1. The van der Waals surface area contributed by atoms with Crippen molar-refractivity contribution in [3.63, 3.8) is 0 Å². The Hall–Kier alpha value is -3.32. The molecular weight excluding hydrogens is 492 g/mol. The van der Waals surface area contributed by atoms with Crippen molar-refractivity contribution in [1.82, 2.24) is 4.90 Å². The molecule has 8 heteroatoms. The van der Waals surface area contributed by atoms with Crippen LogP contribution < -0.4 is 4.90 Å². The quantitative estimate of drug-likeness (QED) is 0.481. The van der Waals surface area contributed by atoms with Crippen LogP contribution in [0.4, 0.5) is 10.5 Å². The van der Waals surface area contributed by atoms with Gasteiger partial charge in [-0.3, -0.25) is 9.59 Å². The highest BCUT2D eigenvalue weighted by Crippen LogP contribution is 2.60. The molecule has 3 heterocycles. The molecule has 0 saturated heterocycles. The minimum atomic E-state index is -1.49. The predicted molar refractivity (Wildman–Crippen MR) is 140 cm³/mol. The molecule has 2 aromatic rings. The number of anilines is 1. The average Bonchev–Trinajstić information content (AvgIpc) is 3.06. The lowest BCUT2D eigenvalue weighted by atomic mass is 9.59. The highest BCUT2D eigenvalue weighted by atomic mass is 35.5. The fourth-order valence-electron chi connectivity index (χ4n) is 6.16. The molecule has 1 spiro atoms. The second-order valence-corrected chi connectivity index (χ2v) is 11.2. The Kier molecular flexibility index (Phi) is 6.10. The highest BCUT2D eigenvalue weighted by Gasteiger charge is 2.67. The van der Waals surface area contributed by atoms with Gasteiger partial charge in [-0.1, -0.05) is 35.9 Å². The molecule has 3 aliphatic rings. The summed E-state index contributed by atoms with van der Waals surface area (Å²) >= 11 is 6.52. The van der Waals surface area contributed by atoms with Gasteiger partial charge < -0.3 is 14.4 Å². The lowest BCUT2D eigenvalue weighted by molar-refractivity contribution is -0.154. The summed E-state index contributed by atoms with van der Waals surface area (Å²) in [7, 11) is 0. The monoisotopic (exact) mass is 522 g/mol. The van der Waals surface area contributed by atoms with Crippen LogP contribution in [0.3, 0.4) is 0 Å². The van der Waals surface area contributed by atoms with Gasteiger partial charge in [-0.2, -0.15) is 0 Å². The second kappa shape index (κ2) is 8.91. The number of carbonyl (C=O) groups excluding carboxylic acids is 3. The summed E-state index contributed by atoms with van der Waals surface area (Å²) < 4.78 is 11.2. The summed E-state index contributed by atoms with van der Waals surface area (Å²) in [5, 5.41) is 0.405. The van der Waals surface area contributed by atoms with Gasteiger partial charge in [0.25, 0.3) is 5.91 Å². The van der Waals surface area contributed by atoms with E-state index in [1.165, 1.54) is 0 Å². The topological polar surface area (TPSA) is 76.2 Å². The zero-order valence-corrected chi connectivity index (χ0v) is 22.5. The van der Waals surface area contributed by atoms with Gasteiger partial charge in [-0.15, -0.1) is 0 Å². The maximum Gasteiger partial charge on any atom is 0.421 e. The Morgan fingerprint density at radius 3 is 2.59 bits per heavy atom. The molecule has 2 amide bonds. The molecule has 2 aromatic carbocycles. The predicted octanol–water partition coefficient (Wildman–Crippen LogP) is 5.56.